The van der Waals surface area contributed by atoms with Crippen LogP contribution in [0.3, 0.4) is 0 Å². The summed E-state index contributed by atoms with van der Waals surface area (Å²) < 4.78 is 0. The van der Waals surface area contributed by atoms with Crippen LogP contribution < -0.4 is 0 Å². The van der Waals surface area contributed by atoms with E-state index in [2.05, 4.69) is 0 Å². The van der Waals surface area contributed by atoms with Gasteiger partial charge in [0.05, 0.1) is 10.5 Å². The number of hydrogen-bond acceptors (Lipinski definition) is 4. The third-order valence-electron chi connectivity index (χ3n) is 1.73. The molecule has 0 atom stereocenters. The summed E-state index contributed by atoms with van der Waals surface area (Å²) in [7, 11) is 0. The number of rotatable bonds is 3. The van der Waals surface area contributed by atoms with E-state index in [1.165, 1.54) is 19.1 Å². The maximum Gasteiger partial charge on any atom is 0.280 e. The molecule has 0 N–H and O–H groups in total. The second-order valence-electron chi connectivity index (χ2n) is 2.71. The molecule has 72 valence electrons. The number of ketones is 1. The Labute approximate surface area is 79.5 Å². The highest BCUT2D eigenvalue weighted by Crippen LogP contribution is 2.19. The Morgan fingerprint density at radius 2 is 2.14 bits per heavy atom. The number of benzene rings is 1. The van der Waals surface area contributed by atoms with E-state index in [1.807, 2.05) is 0 Å². The second kappa shape index (κ2) is 3.78. The fourth-order valence-electron chi connectivity index (χ4n) is 1.07. The second-order valence-corrected chi connectivity index (χ2v) is 2.71. The molecule has 1 aromatic rings. The first-order chi connectivity index (χ1) is 6.56. The van der Waals surface area contributed by atoms with Crippen LogP contribution in [0.2, 0.25) is 0 Å². The zero-order chi connectivity index (χ0) is 10.7. The third-order valence-corrected chi connectivity index (χ3v) is 1.73. The van der Waals surface area contributed by atoms with E-state index < -0.39 is 10.7 Å². The fraction of sp³-hybridized carbons (Fsp3) is 0.111. The van der Waals surface area contributed by atoms with Gasteiger partial charge in [-0.05, 0) is 19.1 Å². The summed E-state index contributed by atoms with van der Waals surface area (Å²) in [5.41, 5.74) is -0.0662. The molecule has 1 aromatic carbocycles. The SMILES string of the molecule is CC(=O)c1cc(C=O)ccc1[N+](=O)[O-]. The Balaban J connectivity index is 3.38. The summed E-state index contributed by atoms with van der Waals surface area (Å²) in [5, 5.41) is 10.5. The van der Waals surface area contributed by atoms with Crippen LogP contribution in [-0.4, -0.2) is 17.0 Å². The van der Waals surface area contributed by atoms with Gasteiger partial charge >= 0.3 is 0 Å². The average Bonchev–Trinajstić information content (AvgIpc) is 2.16. The van der Waals surface area contributed by atoms with Crippen molar-refractivity contribution < 1.29 is 14.5 Å². The van der Waals surface area contributed by atoms with Crippen LogP contribution in [0.1, 0.15) is 27.6 Å². The smallest absolute Gasteiger partial charge is 0.280 e. The Bertz CT molecular complexity index is 411. The largest absolute Gasteiger partial charge is 0.298 e. The molecule has 0 radical (unpaired) electrons. The van der Waals surface area contributed by atoms with Crippen LogP contribution in [0.4, 0.5) is 5.69 Å². The average molecular weight is 193 g/mol. The van der Waals surface area contributed by atoms with Gasteiger partial charge in [0, 0.05) is 11.6 Å². The Morgan fingerprint density at radius 1 is 1.50 bits per heavy atom. The van der Waals surface area contributed by atoms with Crippen LogP contribution in [0.5, 0.6) is 0 Å². The monoisotopic (exact) mass is 193 g/mol. The molecule has 0 heterocycles. The van der Waals surface area contributed by atoms with E-state index >= 15 is 0 Å². The van der Waals surface area contributed by atoms with Crippen molar-refractivity contribution in [3.05, 3.63) is 39.4 Å². The molecule has 1 rings (SSSR count). The molecule has 0 saturated heterocycles. The minimum absolute atomic E-state index is 0.0420. The van der Waals surface area contributed by atoms with E-state index in [0.29, 0.717) is 6.29 Å². The van der Waals surface area contributed by atoms with Gasteiger partial charge in [0.25, 0.3) is 5.69 Å². The van der Waals surface area contributed by atoms with Crippen LogP contribution in [-0.2, 0) is 0 Å². The van der Waals surface area contributed by atoms with Crippen molar-refractivity contribution in [2.75, 3.05) is 0 Å². The van der Waals surface area contributed by atoms with E-state index in [4.69, 9.17) is 0 Å². The minimum atomic E-state index is -0.648. The van der Waals surface area contributed by atoms with Gasteiger partial charge in [-0.3, -0.25) is 19.7 Å². The number of Topliss-reactive ketones (excluding diaryl/α,β-unsaturated/α-hetero) is 1. The summed E-state index contributed by atoms with van der Waals surface area (Å²) in [6, 6.07) is 3.67. The molecule has 0 bridgehead atoms. The fourth-order valence-corrected chi connectivity index (χ4v) is 1.07. The number of carbonyl (C=O) groups is 2. The van der Waals surface area contributed by atoms with Crippen LogP contribution >= 0.6 is 0 Å². The standard InChI is InChI=1S/C9H7NO4/c1-6(12)8-4-7(5-11)2-3-9(8)10(13)14/h2-5H,1H3. The molecule has 0 amide bonds. The van der Waals surface area contributed by atoms with Gasteiger partial charge in [0.15, 0.2) is 5.78 Å². The predicted octanol–water partition coefficient (Wildman–Crippen LogP) is 1.61. The van der Waals surface area contributed by atoms with Gasteiger partial charge in [-0.1, -0.05) is 0 Å². The first kappa shape index (κ1) is 10.0. The Morgan fingerprint density at radius 3 is 2.57 bits per heavy atom. The van der Waals surface area contributed by atoms with Gasteiger partial charge < -0.3 is 0 Å². The van der Waals surface area contributed by atoms with Crippen molar-refractivity contribution in [3.8, 4) is 0 Å². The summed E-state index contributed by atoms with van der Waals surface area (Å²) in [5.74, 6) is -0.430. The molecule has 0 fully saturated rings. The van der Waals surface area contributed by atoms with Crippen molar-refractivity contribution in [3.63, 3.8) is 0 Å². The molecule has 0 saturated carbocycles. The Kier molecular flexibility index (Phi) is 2.71. The summed E-state index contributed by atoms with van der Waals surface area (Å²) >= 11 is 0. The number of hydrogen-bond donors (Lipinski definition) is 0. The zero-order valence-corrected chi connectivity index (χ0v) is 7.39. The summed E-state index contributed by atoms with van der Waals surface area (Å²) in [6.45, 7) is 1.22. The zero-order valence-electron chi connectivity index (χ0n) is 7.39. The molecule has 5 nitrogen and oxygen atoms in total. The first-order valence-corrected chi connectivity index (χ1v) is 3.81. The lowest BCUT2D eigenvalue weighted by molar-refractivity contribution is -0.385. The molecule has 0 unspecified atom stereocenters. The molecular weight excluding hydrogens is 186 g/mol. The number of aldehydes is 1. The number of nitro groups is 1. The molecule has 0 aliphatic rings. The molecular formula is C9H7NO4. The lowest BCUT2D eigenvalue weighted by atomic mass is 10.1. The maximum atomic E-state index is 11.0. The van der Waals surface area contributed by atoms with Crippen molar-refractivity contribution in [2.24, 2.45) is 0 Å². The van der Waals surface area contributed by atoms with Gasteiger partial charge in [-0.15, -0.1) is 0 Å². The number of carbonyl (C=O) groups excluding carboxylic acids is 2. The molecule has 0 aliphatic heterocycles. The number of nitro benzene ring substituents is 1. The molecule has 14 heavy (non-hydrogen) atoms. The van der Waals surface area contributed by atoms with Crippen molar-refractivity contribution in [1.29, 1.82) is 0 Å². The van der Waals surface area contributed by atoms with Crippen LogP contribution in [0.15, 0.2) is 18.2 Å². The van der Waals surface area contributed by atoms with Gasteiger partial charge in [0.2, 0.25) is 0 Å². The summed E-state index contributed by atoms with van der Waals surface area (Å²) in [6.07, 6.45) is 0.538. The molecule has 5 heteroatoms. The topological polar surface area (TPSA) is 77.3 Å². The summed E-state index contributed by atoms with van der Waals surface area (Å²) in [4.78, 5) is 31.2. The van der Waals surface area contributed by atoms with E-state index in [1.54, 1.807) is 0 Å². The molecule has 0 aromatic heterocycles. The maximum absolute atomic E-state index is 11.0. The van der Waals surface area contributed by atoms with E-state index in [9.17, 15) is 19.7 Å². The molecule has 0 aliphatic carbocycles. The van der Waals surface area contributed by atoms with E-state index in [0.717, 1.165) is 6.07 Å². The van der Waals surface area contributed by atoms with Gasteiger partial charge in [-0.25, -0.2) is 0 Å². The van der Waals surface area contributed by atoms with Crippen molar-refractivity contribution in [2.45, 2.75) is 6.92 Å². The number of nitrogens with zero attached hydrogens (tertiary/aromatic N) is 1. The predicted molar refractivity (Wildman–Crippen MR) is 48.5 cm³/mol. The quantitative estimate of drug-likeness (QED) is 0.316. The van der Waals surface area contributed by atoms with E-state index in [-0.39, 0.29) is 16.8 Å². The minimum Gasteiger partial charge on any atom is -0.298 e. The Hall–Kier alpha value is -2.04. The first-order valence-electron chi connectivity index (χ1n) is 3.81. The highest BCUT2D eigenvalue weighted by atomic mass is 16.6. The molecule has 0 spiro atoms. The lowest BCUT2D eigenvalue weighted by Gasteiger charge is -1.98. The lowest BCUT2D eigenvalue weighted by Crippen LogP contribution is -2.01. The highest BCUT2D eigenvalue weighted by Gasteiger charge is 2.17. The van der Waals surface area contributed by atoms with Gasteiger partial charge in [-0.2, -0.15) is 0 Å². The van der Waals surface area contributed by atoms with Crippen molar-refractivity contribution in [1.82, 2.24) is 0 Å². The normalized spacial score (nSPS) is 9.50. The van der Waals surface area contributed by atoms with Crippen molar-refractivity contribution >= 4 is 17.8 Å². The third kappa shape index (κ3) is 1.82. The van der Waals surface area contributed by atoms with Crippen LogP contribution in [0, 0.1) is 10.1 Å². The highest BCUT2D eigenvalue weighted by molar-refractivity contribution is 5.99. The van der Waals surface area contributed by atoms with Crippen LogP contribution in [0.25, 0.3) is 0 Å². The van der Waals surface area contributed by atoms with Gasteiger partial charge in [0.1, 0.15) is 6.29 Å².